The van der Waals surface area contributed by atoms with Gasteiger partial charge in [0.1, 0.15) is 17.7 Å². The topological polar surface area (TPSA) is 114 Å². The first kappa shape index (κ1) is 16.6. The molecule has 1 amide bonds. The monoisotopic (exact) mass is 371 g/mol. The van der Waals surface area contributed by atoms with Crippen LogP contribution >= 0.6 is 0 Å². The molecule has 5 rings (SSSR count). The average Bonchev–Trinajstić information content (AvgIpc) is 3.24. The molecule has 3 atom stereocenters. The smallest absolute Gasteiger partial charge is 0.404 e. The standard InChI is InChI=1S/C19H25N5O3/c20-18-22-16-12(17(23-18)24-8-7-10(9-24)21-19(25)26)5-6-14-15(16)11-3-1-2-4-13(11)27-14/h10-11,13,21H,1-9H2,(H,25,26)(H2,20,22,23)/t10-,11?,13?/m1/s1. The van der Waals surface area contributed by atoms with Crippen LogP contribution in [-0.4, -0.2) is 46.4 Å². The van der Waals surface area contributed by atoms with Gasteiger partial charge < -0.3 is 25.8 Å². The summed E-state index contributed by atoms with van der Waals surface area (Å²) in [6.45, 7) is 1.38. The van der Waals surface area contributed by atoms with Crippen LogP contribution < -0.4 is 16.0 Å². The maximum Gasteiger partial charge on any atom is 0.404 e. The van der Waals surface area contributed by atoms with E-state index in [0.29, 0.717) is 18.6 Å². The third-order valence-electron chi connectivity index (χ3n) is 6.34. The molecular formula is C19H25N5O3. The lowest BCUT2D eigenvalue weighted by molar-refractivity contribution is 0.0793. The fourth-order valence-corrected chi connectivity index (χ4v) is 5.21. The first-order chi connectivity index (χ1) is 13.1. The molecule has 1 aromatic rings. The Bertz CT molecular complexity index is 824. The average molecular weight is 371 g/mol. The van der Waals surface area contributed by atoms with E-state index < -0.39 is 6.09 Å². The zero-order chi connectivity index (χ0) is 18.5. The third-order valence-corrected chi connectivity index (χ3v) is 6.34. The van der Waals surface area contributed by atoms with Gasteiger partial charge in [0.15, 0.2) is 0 Å². The lowest BCUT2D eigenvalue weighted by Gasteiger charge is -2.28. The van der Waals surface area contributed by atoms with Gasteiger partial charge in [-0.25, -0.2) is 9.78 Å². The second-order valence-electron chi connectivity index (χ2n) is 8.00. The van der Waals surface area contributed by atoms with Gasteiger partial charge in [-0.05, 0) is 32.1 Å². The van der Waals surface area contributed by atoms with E-state index in [4.69, 9.17) is 15.6 Å². The molecule has 1 saturated carbocycles. The highest BCUT2D eigenvalue weighted by Crippen LogP contribution is 2.50. The number of hydrogen-bond acceptors (Lipinski definition) is 6. The van der Waals surface area contributed by atoms with E-state index in [2.05, 4.69) is 20.2 Å². The van der Waals surface area contributed by atoms with Crippen molar-refractivity contribution in [2.45, 2.75) is 57.1 Å². The summed E-state index contributed by atoms with van der Waals surface area (Å²) in [5, 5.41) is 11.6. The van der Waals surface area contributed by atoms with E-state index in [9.17, 15) is 4.79 Å². The second-order valence-corrected chi connectivity index (χ2v) is 8.00. The first-order valence-corrected chi connectivity index (χ1v) is 9.91. The van der Waals surface area contributed by atoms with Crippen LogP contribution in [0.2, 0.25) is 0 Å². The van der Waals surface area contributed by atoms with Crippen LogP contribution in [0.3, 0.4) is 0 Å². The number of aromatic nitrogens is 2. The SMILES string of the molecule is Nc1nc2c(c(N3CC[C@@H](NC(=O)O)C3)n1)CCC1=C2C2CCCCC2O1. The highest BCUT2D eigenvalue weighted by Gasteiger charge is 2.43. The number of nitrogens with two attached hydrogens (primary N) is 1. The molecule has 8 nitrogen and oxygen atoms in total. The lowest BCUT2D eigenvalue weighted by atomic mass is 9.78. The van der Waals surface area contributed by atoms with Crippen LogP contribution in [0.25, 0.3) is 5.57 Å². The number of hydrogen-bond donors (Lipinski definition) is 3. The van der Waals surface area contributed by atoms with Gasteiger partial charge in [0.2, 0.25) is 5.95 Å². The molecule has 2 unspecified atom stereocenters. The summed E-state index contributed by atoms with van der Waals surface area (Å²) >= 11 is 0. The Balaban J connectivity index is 1.49. The van der Waals surface area contributed by atoms with Gasteiger partial charge in [0, 0.05) is 36.6 Å². The minimum atomic E-state index is -0.979. The zero-order valence-corrected chi connectivity index (χ0v) is 15.3. The lowest BCUT2D eigenvalue weighted by Crippen LogP contribution is -2.36. The first-order valence-electron chi connectivity index (χ1n) is 9.91. The molecule has 27 heavy (non-hydrogen) atoms. The van der Waals surface area contributed by atoms with Crippen LogP contribution in [0.4, 0.5) is 16.6 Å². The summed E-state index contributed by atoms with van der Waals surface area (Å²) in [6, 6.07) is -0.0785. The number of nitrogen functional groups attached to an aromatic ring is 1. The predicted octanol–water partition coefficient (Wildman–Crippen LogP) is 2.15. The Kier molecular flexibility index (Phi) is 3.87. The molecule has 0 radical (unpaired) electrons. The highest BCUT2D eigenvalue weighted by molar-refractivity contribution is 5.77. The number of nitrogens with zero attached hydrogens (tertiary/aromatic N) is 3. The van der Waals surface area contributed by atoms with Crippen molar-refractivity contribution in [2.75, 3.05) is 23.7 Å². The van der Waals surface area contributed by atoms with Crippen LogP contribution in [0.5, 0.6) is 0 Å². The Morgan fingerprint density at radius 1 is 1.22 bits per heavy atom. The molecule has 1 saturated heterocycles. The minimum Gasteiger partial charge on any atom is -0.494 e. The summed E-state index contributed by atoms with van der Waals surface area (Å²) in [5.74, 6) is 2.69. The predicted molar refractivity (Wildman–Crippen MR) is 100 cm³/mol. The number of allylic oxidation sites excluding steroid dienone is 1. The molecule has 8 heteroatoms. The van der Waals surface area contributed by atoms with E-state index in [-0.39, 0.29) is 12.0 Å². The van der Waals surface area contributed by atoms with Crippen molar-refractivity contribution in [3.63, 3.8) is 0 Å². The summed E-state index contributed by atoms with van der Waals surface area (Å²) in [6.07, 6.45) is 6.56. The summed E-state index contributed by atoms with van der Waals surface area (Å²) in [4.78, 5) is 22.3. The normalized spacial score (nSPS) is 29.0. The largest absolute Gasteiger partial charge is 0.494 e. The number of nitrogens with one attached hydrogen (secondary N) is 1. The molecule has 1 aromatic heterocycles. The summed E-state index contributed by atoms with van der Waals surface area (Å²) in [5.41, 5.74) is 9.48. The fourth-order valence-electron chi connectivity index (χ4n) is 5.21. The van der Waals surface area contributed by atoms with E-state index >= 15 is 0 Å². The number of anilines is 2. The van der Waals surface area contributed by atoms with E-state index in [1.807, 2.05) is 0 Å². The Hall–Kier alpha value is -2.51. The van der Waals surface area contributed by atoms with E-state index in [0.717, 1.165) is 61.5 Å². The van der Waals surface area contributed by atoms with Crippen molar-refractivity contribution in [3.05, 3.63) is 17.0 Å². The maximum atomic E-state index is 10.9. The van der Waals surface area contributed by atoms with E-state index in [1.165, 1.54) is 18.4 Å². The zero-order valence-electron chi connectivity index (χ0n) is 15.3. The molecule has 4 aliphatic rings. The Morgan fingerprint density at radius 2 is 2.07 bits per heavy atom. The molecule has 4 N–H and O–H groups in total. The molecule has 0 bridgehead atoms. The van der Waals surface area contributed by atoms with Crippen molar-refractivity contribution in [2.24, 2.45) is 5.92 Å². The molecule has 2 aliphatic carbocycles. The number of carbonyl (C=O) groups is 1. The minimum absolute atomic E-state index is 0.0785. The van der Waals surface area contributed by atoms with Gasteiger partial charge in [-0.15, -0.1) is 0 Å². The molecule has 0 spiro atoms. The number of rotatable bonds is 2. The van der Waals surface area contributed by atoms with Crippen LogP contribution in [0.15, 0.2) is 5.76 Å². The van der Waals surface area contributed by atoms with Gasteiger partial charge in [0.25, 0.3) is 0 Å². The highest BCUT2D eigenvalue weighted by atomic mass is 16.5. The number of fused-ring (bicyclic) bond motifs is 4. The molecular weight excluding hydrogens is 346 g/mol. The molecule has 2 fully saturated rings. The maximum absolute atomic E-state index is 10.9. The second kappa shape index (κ2) is 6.28. The van der Waals surface area contributed by atoms with Crippen molar-refractivity contribution in [3.8, 4) is 0 Å². The van der Waals surface area contributed by atoms with Crippen LogP contribution in [0.1, 0.15) is 49.8 Å². The van der Waals surface area contributed by atoms with Gasteiger partial charge in [-0.1, -0.05) is 6.42 Å². The van der Waals surface area contributed by atoms with Gasteiger partial charge in [-0.2, -0.15) is 4.98 Å². The molecule has 3 heterocycles. The van der Waals surface area contributed by atoms with E-state index in [1.54, 1.807) is 0 Å². The third kappa shape index (κ3) is 2.78. The van der Waals surface area contributed by atoms with Crippen molar-refractivity contribution < 1.29 is 14.6 Å². The molecule has 0 aromatic carbocycles. The van der Waals surface area contributed by atoms with Crippen molar-refractivity contribution >= 4 is 23.4 Å². The molecule has 2 aliphatic heterocycles. The van der Waals surface area contributed by atoms with Crippen LogP contribution in [-0.2, 0) is 11.2 Å². The number of amides is 1. The van der Waals surface area contributed by atoms with Gasteiger partial charge in [0.05, 0.1) is 11.7 Å². The molecule has 144 valence electrons. The fraction of sp³-hybridized carbons (Fsp3) is 0.632. The van der Waals surface area contributed by atoms with Crippen molar-refractivity contribution in [1.29, 1.82) is 0 Å². The van der Waals surface area contributed by atoms with Crippen LogP contribution in [0, 0.1) is 5.92 Å². The Morgan fingerprint density at radius 3 is 2.93 bits per heavy atom. The summed E-state index contributed by atoms with van der Waals surface area (Å²) in [7, 11) is 0. The van der Waals surface area contributed by atoms with Crippen molar-refractivity contribution in [1.82, 2.24) is 15.3 Å². The Labute approximate surface area is 157 Å². The quantitative estimate of drug-likeness (QED) is 0.730. The van der Waals surface area contributed by atoms with Gasteiger partial charge in [-0.3, -0.25) is 0 Å². The number of carboxylic acid groups (broad SMARTS) is 1. The van der Waals surface area contributed by atoms with Gasteiger partial charge >= 0.3 is 6.09 Å². The number of ether oxygens (including phenoxy) is 1. The summed E-state index contributed by atoms with van der Waals surface area (Å²) < 4.78 is 6.28.